The number of rotatable bonds is 6. The minimum absolute atomic E-state index is 0.0832. The maximum atomic E-state index is 12.7. The van der Waals surface area contributed by atoms with Crippen molar-refractivity contribution in [3.63, 3.8) is 0 Å². The second-order valence-electron chi connectivity index (χ2n) is 7.02. The molecule has 0 aromatic heterocycles. The van der Waals surface area contributed by atoms with Gasteiger partial charge in [0.25, 0.3) is 5.69 Å². The van der Waals surface area contributed by atoms with E-state index in [1.165, 1.54) is 16.4 Å². The van der Waals surface area contributed by atoms with Gasteiger partial charge >= 0.3 is 0 Å². The smallest absolute Gasteiger partial charge is 0.272 e. The summed E-state index contributed by atoms with van der Waals surface area (Å²) in [6.07, 6.45) is 3.15. The van der Waals surface area contributed by atoms with Crippen LogP contribution in [0.25, 0.3) is 10.8 Å². The van der Waals surface area contributed by atoms with Gasteiger partial charge in [-0.1, -0.05) is 36.4 Å². The van der Waals surface area contributed by atoms with Gasteiger partial charge in [0.05, 0.1) is 16.0 Å². The van der Waals surface area contributed by atoms with E-state index in [1.807, 2.05) is 42.5 Å². The number of fused-ring (bicyclic) bond motifs is 1. The summed E-state index contributed by atoms with van der Waals surface area (Å²) in [5.41, 5.74) is 3.27. The zero-order valence-corrected chi connectivity index (χ0v) is 16.9. The van der Waals surface area contributed by atoms with Gasteiger partial charge in [0, 0.05) is 19.2 Å². The van der Waals surface area contributed by atoms with Crippen molar-refractivity contribution in [2.45, 2.75) is 17.7 Å². The Balaban J connectivity index is 1.57. The molecule has 0 spiro atoms. The van der Waals surface area contributed by atoms with Crippen molar-refractivity contribution < 1.29 is 13.3 Å². The number of hydrogen-bond donors (Lipinski definition) is 1. The minimum atomic E-state index is -3.73. The first-order chi connectivity index (χ1) is 14.4. The molecule has 3 aromatic rings. The molecule has 154 valence electrons. The Labute approximate surface area is 174 Å². The van der Waals surface area contributed by atoms with Crippen LogP contribution in [0.2, 0.25) is 0 Å². The summed E-state index contributed by atoms with van der Waals surface area (Å²) in [6.45, 7) is 0.873. The zero-order valence-electron chi connectivity index (χ0n) is 16.1. The molecule has 1 heterocycles. The standard InChI is InChI=1S/C21H20N4O4S/c26-25(27)21-14-19(30(28,29)24-11-3-4-12-24)9-10-20(21)23-22-15-16-7-8-17-5-1-2-6-18(17)13-16/h1-2,5-10,13-15,23H,3-4,11-12H2/b22-15+. The van der Waals surface area contributed by atoms with Gasteiger partial charge < -0.3 is 0 Å². The highest BCUT2D eigenvalue weighted by Gasteiger charge is 2.29. The molecular weight excluding hydrogens is 404 g/mol. The SMILES string of the molecule is O=[N+]([O-])c1cc(S(=O)(=O)N2CCCC2)ccc1N/N=C/c1ccc2ccccc2c1. The van der Waals surface area contributed by atoms with E-state index in [1.54, 1.807) is 6.21 Å². The number of nitrogens with one attached hydrogen (secondary N) is 1. The van der Waals surface area contributed by atoms with E-state index >= 15 is 0 Å². The van der Waals surface area contributed by atoms with E-state index in [-0.39, 0.29) is 16.3 Å². The molecule has 4 rings (SSSR count). The molecule has 3 aromatic carbocycles. The van der Waals surface area contributed by atoms with Crippen LogP contribution in [-0.2, 0) is 10.0 Å². The topological polar surface area (TPSA) is 105 Å². The van der Waals surface area contributed by atoms with Gasteiger partial charge in [0.15, 0.2) is 0 Å². The molecule has 1 fully saturated rings. The van der Waals surface area contributed by atoms with E-state index in [9.17, 15) is 18.5 Å². The highest BCUT2D eigenvalue weighted by molar-refractivity contribution is 7.89. The largest absolute Gasteiger partial charge is 0.295 e. The number of benzene rings is 3. The Morgan fingerprint density at radius 2 is 1.73 bits per heavy atom. The summed E-state index contributed by atoms with van der Waals surface area (Å²) in [5.74, 6) is 0. The first kappa shape index (κ1) is 20.0. The summed E-state index contributed by atoms with van der Waals surface area (Å²) >= 11 is 0. The van der Waals surface area contributed by atoms with Crippen molar-refractivity contribution in [2.75, 3.05) is 18.5 Å². The lowest BCUT2D eigenvalue weighted by atomic mass is 10.1. The van der Waals surface area contributed by atoms with Crippen molar-refractivity contribution in [2.24, 2.45) is 5.10 Å². The van der Waals surface area contributed by atoms with E-state index in [4.69, 9.17) is 0 Å². The molecule has 0 atom stereocenters. The van der Waals surface area contributed by atoms with Crippen molar-refractivity contribution in [3.8, 4) is 0 Å². The van der Waals surface area contributed by atoms with Gasteiger partial charge in [0.2, 0.25) is 10.0 Å². The lowest BCUT2D eigenvalue weighted by Crippen LogP contribution is -2.27. The second kappa shape index (κ2) is 8.21. The van der Waals surface area contributed by atoms with Gasteiger partial charge in [-0.2, -0.15) is 9.41 Å². The van der Waals surface area contributed by atoms with Crippen LogP contribution in [0.3, 0.4) is 0 Å². The Morgan fingerprint density at radius 3 is 2.47 bits per heavy atom. The maximum Gasteiger partial charge on any atom is 0.295 e. The summed E-state index contributed by atoms with van der Waals surface area (Å²) in [5, 5.41) is 17.8. The van der Waals surface area contributed by atoms with Gasteiger partial charge in [-0.3, -0.25) is 15.5 Å². The maximum absolute atomic E-state index is 12.7. The third-order valence-corrected chi connectivity index (χ3v) is 6.94. The molecule has 0 unspecified atom stereocenters. The fourth-order valence-electron chi connectivity index (χ4n) is 3.46. The number of hydrazone groups is 1. The number of nitro benzene ring substituents is 1. The second-order valence-corrected chi connectivity index (χ2v) is 8.96. The fourth-order valence-corrected chi connectivity index (χ4v) is 5.00. The Bertz CT molecular complexity index is 1230. The fraction of sp³-hybridized carbons (Fsp3) is 0.190. The number of sulfonamides is 1. The summed E-state index contributed by atoms with van der Waals surface area (Å²) in [6, 6.07) is 17.6. The molecule has 9 heteroatoms. The van der Waals surface area contributed by atoms with Crippen LogP contribution in [0.1, 0.15) is 18.4 Å². The van der Waals surface area contributed by atoms with Gasteiger partial charge in [-0.05, 0) is 47.4 Å². The molecule has 0 saturated carbocycles. The highest BCUT2D eigenvalue weighted by Crippen LogP contribution is 2.30. The summed E-state index contributed by atoms with van der Waals surface area (Å²) in [4.78, 5) is 10.8. The van der Waals surface area contributed by atoms with E-state index in [0.717, 1.165) is 35.2 Å². The average Bonchev–Trinajstić information content (AvgIpc) is 3.29. The molecule has 1 aliphatic rings. The van der Waals surface area contributed by atoms with Crippen LogP contribution in [0.5, 0.6) is 0 Å². The molecule has 0 aliphatic carbocycles. The predicted molar refractivity (Wildman–Crippen MR) is 116 cm³/mol. The number of hydrogen-bond acceptors (Lipinski definition) is 6. The van der Waals surface area contributed by atoms with Crippen molar-refractivity contribution in [3.05, 3.63) is 76.3 Å². The van der Waals surface area contributed by atoms with Crippen LogP contribution < -0.4 is 5.43 Å². The molecule has 1 N–H and O–H groups in total. The Kier molecular flexibility index (Phi) is 5.47. The normalized spacial score (nSPS) is 15.1. The van der Waals surface area contributed by atoms with Gasteiger partial charge in [0.1, 0.15) is 5.69 Å². The van der Waals surface area contributed by atoms with Crippen molar-refractivity contribution in [1.29, 1.82) is 0 Å². The molecule has 0 amide bonds. The highest BCUT2D eigenvalue weighted by atomic mass is 32.2. The third kappa shape index (κ3) is 4.03. The average molecular weight is 424 g/mol. The van der Waals surface area contributed by atoms with E-state index < -0.39 is 14.9 Å². The molecule has 0 radical (unpaired) electrons. The van der Waals surface area contributed by atoms with Gasteiger partial charge in [-0.25, -0.2) is 8.42 Å². The van der Waals surface area contributed by atoms with Crippen LogP contribution in [-0.4, -0.2) is 37.0 Å². The lowest BCUT2D eigenvalue weighted by molar-refractivity contribution is -0.384. The zero-order chi connectivity index (χ0) is 21.1. The molecule has 8 nitrogen and oxygen atoms in total. The van der Waals surface area contributed by atoms with E-state index in [2.05, 4.69) is 10.5 Å². The van der Waals surface area contributed by atoms with Crippen LogP contribution in [0, 0.1) is 10.1 Å². The van der Waals surface area contributed by atoms with Crippen molar-refractivity contribution >= 4 is 38.4 Å². The summed E-state index contributed by atoms with van der Waals surface area (Å²) in [7, 11) is -3.73. The Morgan fingerprint density at radius 1 is 1.00 bits per heavy atom. The lowest BCUT2D eigenvalue weighted by Gasteiger charge is -2.15. The third-order valence-electron chi connectivity index (χ3n) is 5.04. The van der Waals surface area contributed by atoms with Gasteiger partial charge in [-0.15, -0.1) is 0 Å². The number of nitrogens with zero attached hydrogens (tertiary/aromatic N) is 3. The predicted octanol–water partition coefficient (Wildman–Crippen LogP) is 3.98. The molecule has 1 aliphatic heterocycles. The Hall–Kier alpha value is -3.30. The first-order valence-corrected chi connectivity index (χ1v) is 11.0. The van der Waals surface area contributed by atoms with Crippen LogP contribution in [0.15, 0.2) is 70.7 Å². The number of nitro groups is 1. The van der Waals surface area contributed by atoms with Crippen molar-refractivity contribution in [1.82, 2.24) is 4.31 Å². The van der Waals surface area contributed by atoms with E-state index in [0.29, 0.717) is 13.1 Å². The number of anilines is 1. The van der Waals surface area contributed by atoms with Crippen LogP contribution >= 0.6 is 0 Å². The first-order valence-electron chi connectivity index (χ1n) is 9.52. The molecule has 0 bridgehead atoms. The molecule has 30 heavy (non-hydrogen) atoms. The summed E-state index contributed by atoms with van der Waals surface area (Å²) < 4.78 is 26.7. The molecular formula is C21H20N4O4S. The molecule has 1 saturated heterocycles. The quantitative estimate of drug-likeness (QED) is 0.366. The van der Waals surface area contributed by atoms with Crippen LogP contribution in [0.4, 0.5) is 11.4 Å². The minimum Gasteiger partial charge on any atom is -0.272 e. The monoisotopic (exact) mass is 424 g/mol.